The second-order valence-electron chi connectivity index (χ2n) is 5.20. The van der Waals surface area contributed by atoms with Crippen LogP contribution in [0.4, 0.5) is 6.01 Å². The van der Waals surface area contributed by atoms with Gasteiger partial charge >= 0.3 is 11.6 Å². The van der Waals surface area contributed by atoms with E-state index in [9.17, 15) is 9.59 Å². The summed E-state index contributed by atoms with van der Waals surface area (Å²) in [5, 5.41) is 12.7. The molecule has 0 atom stereocenters. The molecular weight excluding hydrogens is 342 g/mol. The van der Waals surface area contributed by atoms with Gasteiger partial charge in [0.25, 0.3) is 5.91 Å². The maximum Gasteiger partial charge on any atom is 0.349 e. The Kier molecular flexibility index (Phi) is 3.87. The van der Waals surface area contributed by atoms with E-state index in [4.69, 9.17) is 8.83 Å². The van der Waals surface area contributed by atoms with Gasteiger partial charge in [0, 0.05) is 10.3 Å². The zero-order valence-corrected chi connectivity index (χ0v) is 13.6. The molecular formula is C17H11N3O4S. The Labute approximate surface area is 144 Å². The van der Waals surface area contributed by atoms with E-state index in [2.05, 4.69) is 15.5 Å². The van der Waals surface area contributed by atoms with Gasteiger partial charge in [0.15, 0.2) is 0 Å². The van der Waals surface area contributed by atoms with Crippen molar-refractivity contribution < 1.29 is 13.6 Å². The molecule has 1 amide bonds. The monoisotopic (exact) mass is 353 g/mol. The number of amides is 1. The first-order chi connectivity index (χ1) is 12.2. The van der Waals surface area contributed by atoms with E-state index >= 15 is 0 Å². The quantitative estimate of drug-likeness (QED) is 0.566. The number of nitrogens with one attached hydrogen (secondary N) is 1. The zero-order valence-electron chi connectivity index (χ0n) is 12.8. The molecule has 1 aromatic carbocycles. The number of benzene rings is 1. The number of carbonyl (C=O) groups excluding carboxylic acids is 1. The number of rotatable bonds is 4. The van der Waals surface area contributed by atoms with Crippen LogP contribution >= 0.6 is 11.3 Å². The molecule has 4 rings (SSSR count). The molecule has 0 aliphatic heterocycles. The van der Waals surface area contributed by atoms with Crippen molar-refractivity contribution in [3.05, 3.63) is 74.6 Å². The Bertz CT molecular complexity index is 1100. The molecule has 0 aliphatic carbocycles. The maximum absolute atomic E-state index is 12.3. The van der Waals surface area contributed by atoms with Crippen LogP contribution in [0.5, 0.6) is 0 Å². The number of nitrogens with zero attached hydrogens (tertiary/aromatic N) is 2. The van der Waals surface area contributed by atoms with E-state index in [-0.39, 0.29) is 11.6 Å². The van der Waals surface area contributed by atoms with Gasteiger partial charge in [0.05, 0.1) is 6.42 Å². The van der Waals surface area contributed by atoms with Gasteiger partial charge in [-0.1, -0.05) is 29.4 Å². The fraction of sp³-hybridized carbons (Fsp3) is 0.0588. The Balaban J connectivity index is 1.55. The lowest BCUT2D eigenvalue weighted by Crippen LogP contribution is -2.20. The minimum absolute atomic E-state index is 0.0656. The van der Waals surface area contributed by atoms with Crippen LogP contribution in [0.25, 0.3) is 11.0 Å². The SMILES string of the molecule is O=C(Nc1nnc(Cc2cccs2)o1)c1cc2ccccc2oc1=O. The molecule has 0 saturated carbocycles. The molecule has 0 aliphatic rings. The average molecular weight is 353 g/mol. The van der Waals surface area contributed by atoms with Crippen LogP contribution in [0.3, 0.4) is 0 Å². The van der Waals surface area contributed by atoms with Gasteiger partial charge in [-0.25, -0.2) is 4.79 Å². The fourth-order valence-electron chi connectivity index (χ4n) is 2.32. The molecule has 7 nitrogen and oxygen atoms in total. The number of aromatic nitrogens is 2. The minimum Gasteiger partial charge on any atom is -0.422 e. The van der Waals surface area contributed by atoms with Crippen molar-refractivity contribution in [2.24, 2.45) is 0 Å². The largest absolute Gasteiger partial charge is 0.422 e. The van der Waals surface area contributed by atoms with Crippen LogP contribution in [-0.2, 0) is 6.42 Å². The highest BCUT2D eigenvalue weighted by Gasteiger charge is 2.17. The molecule has 3 heterocycles. The highest BCUT2D eigenvalue weighted by molar-refractivity contribution is 7.09. The number of hydrogen-bond donors (Lipinski definition) is 1. The molecule has 0 radical (unpaired) electrons. The van der Waals surface area contributed by atoms with Gasteiger partial charge in [0.2, 0.25) is 5.89 Å². The second kappa shape index (κ2) is 6.33. The minimum atomic E-state index is -0.727. The summed E-state index contributed by atoms with van der Waals surface area (Å²) in [5.74, 6) is -0.283. The first kappa shape index (κ1) is 15.3. The summed E-state index contributed by atoms with van der Waals surface area (Å²) in [6, 6.07) is 12.2. The first-order valence-electron chi connectivity index (χ1n) is 7.38. The predicted molar refractivity (Wildman–Crippen MR) is 91.9 cm³/mol. The molecule has 8 heteroatoms. The lowest BCUT2D eigenvalue weighted by Gasteiger charge is -2.01. The summed E-state index contributed by atoms with van der Waals surface area (Å²) >= 11 is 1.57. The highest BCUT2D eigenvalue weighted by Crippen LogP contribution is 2.16. The third-order valence-electron chi connectivity index (χ3n) is 3.48. The number of hydrogen-bond acceptors (Lipinski definition) is 7. The summed E-state index contributed by atoms with van der Waals surface area (Å²) < 4.78 is 10.5. The molecule has 3 aromatic heterocycles. The molecule has 0 saturated heterocycles. The van der Waals surface area contributed by atoms with Crippen LogP contribution in [0, 0.1) is 0 Å². The van der Waals surface area contributed by atoms with Gasteiger partial charge in [-0.2, -0.15) is 0 Å². The number of anilines is 1. The van der Waals surface area contributed by atoms with E-state index in [0.717, 1.165) is 4.88 Å². The van der Waals surface area contributed by atoms with Crippen molar-refractivity contribution in [3.63, 3.8) is 0 Å². The standard InChI is InChI=1S/C17H11N3O4S/c21-15(12-8-10-4-1-2-6-13(10)23-16(12)22)18-17-20-19-14(24-17)9-11-5-3-7-25-11/h1-8H,9H2,(H,18,20,21). The van der Waals surface area contributed by atoms with Gasteiger partial charge in [-0.05, 0) is 23.6 Å². The molecule has 25 heavy (non-hydrogen) atoms. The van der Waals surface area contributed by atoms with Crippen LogP contribution in [0.2, 0.25) is 0 Å². The smallest absolute Gasteiger partial charge is 0.349 e. The predicted octanol–water partition coefficient (Wildman–Crippen LogP) is 3.08. The molecule has 124 valence electrons. The maximum atomic E-state index is 12.3. The van der Waals surface area contributed by atoms with E-state index in [1.807, 2.05) is 17.5 Å². The number of thiophene rings is 1. The van der Waals surface area contributed by atoms with E-state index < -0.39 is 11.5 Å². The van der Waals surface area contributed by atoms with Crippen LogP contribution in [0.15, 0.2) is 61.5 Å². The summed E-state index contributed by atoms with van der Waals surface area (Å²) in [4.78, 5) is 25.4. The molecule has 0 fully saturated rings. The van der Waals surface area contributed by atoms with Crippen LogP contribution in [-0.4, -0.2) is 16.1 Å². The normalized spacial score (nSPS) is 10.9. The van der Waals surface area contributed by atoms with Crippen molar-refractivity contribution in [2.45, 2.75) is 6.42 Å². The van der Waals surface area contributed by atoms with Crippen LogP contribution < -0.4 is 10.9 Å². The topological polar surface area (TPSA) is 98.2 Å². The second-order valence-corrected chi connectivity index (χ2v) is 6.23. The van der Waals surface area contributed by atoms with Crippen molar-refractivity contribution in [1.29, 1.82) is 0 Å². The number of para-hydroxylation sites is 1. The fourth-order valence-corrected chi connectivity index (χ4v) is 3.02. The van der Waals surface area contributed by atoms with Gasteiger partial charge in [0.1, 0.15) is 11.1 Å². The number of fused-ring (bicyclic) bond motifs is 1. The summed E-state index contributed by atoms with van der Waals surface area (Å²) in [6.45, 7) is 0. The molecule has 0 bridgehead atoms. The van der Waals surface area contributed by atoms with E-state index in [0.29, 0.717) is 23.3 Å². The lowest BCUT2D eigenvalue weighted by atomic mass is 10.2. The zero-order chi connectivity index (χ0) is 17.2. The molecule has 1 N–H and O–H groups in total. The Morgan fingerprint density at radius 3 is 2.84 bits per heavy atom. The van der Waals surface area contributed by atoms with E-state index in [1.54, 1.807) is 35.6 Å². The summed E-state index contributed by atoms with van der Waals surface area (Å²) in [7, 11) is 0. The first-order valence-corrected chi connectivity index (χ1v) is 8.26. The lowest BCUT2D eigenvalue weighted by molar-refractivity contribution is 0.102. The average Bonchev–Trinajstić information content (AvgIpc) is 3.27. The third kappa shape index (κ3) is 3.20. The van der Waals surface area contributed by atoms with Gasteiger partial charge in [-0.3, -0.25) is 10.1 Å². The van der Waals surface area contributed by atoms with Crippen LogP contribution in [0.1, 0.15) is 21.1 Å². The highest BCUT2D eigenvalue weighted by atomic mass is 32.1. The van der Waals surface area contributed by atoms with E-state index in [1.165, 1.54) is 6.07 Å². The van der Waals surface area contributed by atoms with Gasteiger partial charge in [-0.15, -0.1) is 16.4 Å². The summed E-state index contributed by atoms with van der Waals surface area (Å²) in [6.07, 6.45) is 0.485. The molecule has 0 spiro atoms. The Morgan fingerprint density at radius 2 is 2.00 bits per heavy atom. The van der Waals surface area contributed by atoms with Crippen molar-refractivity contribution in [3.8, 4) is 0 Å². The van der Waals surface area contributed by atoms with Gasteiger partial charge < -0.3 is 8.83 Å². The Hall–Kier alpha value is -3.26. The molecule has 4 aromatic rings. The Morgan fingerprint density at radius 1 is 1.12 bits per heavy atom. The molecule has 0 unspecified atom stereocenters. The van der Waals surface area contributed by atoms with Crippen molar-refractivity contribution >= 4 is 34.2 Å². The van der Waals surface area contributed by atoms with Crippen molar-refractivity contribution in [2.75, 3.05) is 5.32 Å². The summed E-state index contributed by atoms with van der Waals surface area (Å²) in [5.41, 5.74) is -0.439. The van der Waals surface area contributed by atoms with Crippen molar-refractivity contribution in [1.82, 2.24) is 10.2 Å². The number of carbonyl (C=O) groups is 1. The third-order valence-corrected chi connectivity index (χ3v) is 4.36.